The van der Waals surface area contributed by atoms with Gasteiger partial charge in [0.25, 0.3) is 0 Å². The normalized spacial score (nSPS) is 33.3. The maximum atomic E-state index is 11.6. The molecule has 0 aromatic rings. The summed E-state index contributed by atoms with van der Waals surface area (Å²) in [5, 5.41) is 0. The Balaban J connectivity index is 2.53. The summed E-state index contributed by atoms with van der Waals surface area (Å²) in [4.78, 5) is 11.8. The second-order valence-corrected chi connectivity index (χ2v) is 5.88. The van der Waals surface area contributed by atoms with Crippen molar-refractivity contribution in [3.63, 3.8) is 0 Å². The number of ether oxygens (including phenoxy) is 1. The fourth-order valence-electron chi connectivity index (χ4n) is 1.47. The number of carbonyl (C=O) groups is 1. The van der Waals surface area contributed by atoms with Crippen LogP contribution in [0, 0.1) is 0 Å². The molecule has 2 nitrogen and oxygen atoms in total. The Labute approximate surface area is 95.7 Å². The molecule has 0 aliphatic heterocycles. The molecule has 1 fully saturated rings. The first-order valence-corrected chi connectivity index (χ1v) is 6.32. The molecular weight excluding hydrogens is 300 g/mol. The van der Waals surface area contributed by atoms with E-state index in [0.717, 1.165) is 25.7 Å². The fraction of sp³-hybridized carbons (Fsp3) is 0.889. The van der Waals surface area contributed by atoms with Crippen molar-refractivity contribution in [2.45, 2.75) is 41.8 Å². The van der Waals surface area contributed by atoms with Crippen LogP contribution in [0.4, 0.5) is 0 Å². The van der Waals surface area contributed by atoms with Crippen LogP contribution < -0.4 is 0 Å². The van der Waals surface area contributed by atoms with E-state index in [1.165, 1.54) is 0 Å². The summed E-state index contributed by atoms with van der Waals surface area (Å²) in [5.74, 6) is -0.117. The smallest absolute Gasteiger partial charge is 0.324 e. The summed E-state index contributed by atoms with van der Waals surface area (Å²) in [6.45, 7) is 2.51. The molecule has 1 aliphatic carbocycles. The molecule has 0 bridgehead atoms. The summed E-state index contributed by atoms with van der Waals surface area (Å²) in [5.41, 5.74) is 0. The molecule has 4 heteroatoms. The Kier molecular flexibility index (Phi) is 4.23. The van der Waals surface area contributed by atoms with Crippen molar-refractivity contribution in [1.29, 1.82) is 0 Å². The van der Waals surface area contributed by atoms with Crippen molar-refractivity contribution in [1.82, 2.24) is 0 Å². The van der Waals surface area contributed by atoms with Crippen molar-refractivity contribution in [2.75, 3.05) is 6.61 Å². The van der Waals surface area contributed by atoms with Gasteiger partial charge in [-0.25, -0.2) is 0 Å². The van der Waals surface area contributed by atoms with E-state index in [0.29, 0.717) is 6.61 Å². The lowest BCUT2D eigenvalue weighted by atomic mass is 10.1. The summed E-state index contributed by atoms with van der Waals surface area (Å²) in [7, 11) is 0. The number of halogens is 2. The third kappa shape index (κ3) is 2.46. The molecule has 2 unspecified atom stereocenters. The van der Waals surface area contributed by atoms with Gasteiger partial charge in [0, 0.05) is 4.83 Å². The average Bonchev–Trinajstić information content (AvgIpc) is 2.44. The zero-order valence-electron chi connectivity index (χ0n) is 7.69. The first kappa shape index (κ1) is 11.5. The molecule has 2 atom stereocenters. The zero-order chi connectivity index (χ0) is 9.90. The molecule has 0 amide bonds. The van der Waals surface area contributed by atoms with Crippen LogP contribution in [-0.4, -0.2) is 21.7 Å². The highest BCUT2D eigenvalue weighted by atomic mass is 79.9. The number of alkyl halides is 2. The quantitative estimate of drug-likeness (QED) is 0.591. The van der Waals surface area contributed by atoms with Crippen LogP contribution in [-0.2, 0) is 9.53 Å². The van der Waals surface area contributed by atoms with Crippen LogP contribution in [0.3, 0.4) is 0 Å². The molecule has 0 spiro atoms. The number of hydrogen-bond donors (Lipinski definition) is 0. The largest absolute Gasteiger partial charge is 0.465 e. The number of carbonyl (C=O) groups excluding carboxylic acids is 1. The fourth-order valence-corrected chi connectivity index (χ4v) is 2.83. The van der Waals surface area contributed by atoms with Crippen LogP contribution >= 0.6 is 31.9 Å². The minimum atomic E-state index is -0.470. The molecule has 76 valence electrons. The monoisotopic (exact) mass is 312 g/mol. The van der Waals surface area contributed by atoms with Gasteiger partial charge in [0.2, 0.25) is 0 Å². The highest BCUT2D eigenvalue weighted by Gasteiger charge is 2.47. The molecule has 13 heavy (non-hydrogen) atoms. The number of rotatable bonds is 3. The molecule has 0 N–H and O–H groups in total. The molecule has 1 saturated carbocycles. The lowest BCUT2D eigenvalue weighted by Crippen LogP contribution is -2.38. The first-order chi connectivity index (χ1) is 6.11. The van der Waals surface area contributed by atoms with Crippen molar-refractivity contribution >= 4 is 37.8 Å². The minimum Gasteiger partial charge on any atom is -0.465 e. The van der Waals surface area contributed by atoms with Gasteiger partial charge in [-0.3, -0.25) is 4.79 Å². The third-order valence-electron chi connectivity index (χ3n) is 2.27. The Morgan fingerprint density at radius 2 is 2.38 bits per heavy atom. The average molecular weight is 314 g/mol. The molecular formula is C9H14Br2O2. The maximum Gasteiger partial charge on any atom is 0.324 e. The molecule has 0 aromatic carbocycles. The minimum absolute atomic E-state index is 0.117. The molecule has 0 saturated heterocycles. The van der Waals surface area contributed by atoms with Crippen LogP contribution in [0.15, 0.2) is 0 Å². The van der Waals surface area contributed by atoms with Crippen LogP contribution in [0.5, 0.6) is 0 Å². The van der Waals surface area contributed by atoms with Gasteiger partial charge in [-0.1, -0.05) is 45.2 Å². The van der Waals surface area contributed by atoms with E-state index in [1.54, 1.807) is 0 Å². The summed E-state index contributed by atoms with van der Waals surface area (Å²) in [6.07, 6.45) is 3.85. The molecule has 0 aromatic heterocycles. The SMILES string of the molecule is CCCOC(=O)C1(Br)CCCC1Br. The third-order valence-corrected chi connectivity index (χ3v) is 5.40. The summed E-state index contributed by atoms with van der Waals surface area (Å²) < 4.78 is 4.66. The van der Waals surface area contributed by atoms with Crippen molar-refractivity contribution < 1.29 is 9.53 Å². The van der Waals surface area contributed by atoms with Crippen LogP contribution in [0.25, 0.3) is 0 Å². The van der Waals surface area contributed by atoms with E-state index in [4.69, 9.17) is 4.74 Å². The highest BCUT2D eigenvalue weighted by Crippen LogP contribution is 2.43. The number of esters is 1. The predicted octanol–water partition coefficient (Wildman–Crippen LogP) is 3.02. The van der Waals surface area contributed by atoms with E-state index >= 15 is 0 Å². The van der Waals surface area contributed by atoms with Crippen LogP contribution in [0.2, 0.25) is 0 Å². The zero-order valence-corrected chi connectivity index (χ0v) is 10.9. The summed E-state index contributed by atoms with van der Waals surface area (Å²) in [6, 6.07) is 0. The van der Waals surface area contributed by atoms with Crippen molar-refractivity contribution in [3.05, 3.63) is 0 Å². The Hall–Kier alpha value is 0.430. The molecule has 1 aliphatic rings. The van der Waals surface area contributed by atoms with E-state index in [-0.39, 0.29) is 10.8 Å². The first-order valence-electron chi connectivity index (χ1n) is 4.61. The Morgan fingerprint density at radius 1 is 1.69 bits per heavy atom. The second kappa shape index (κ2) is 4.78. The van der Waals surface area contributed by atoms with E-state index in [1.807, 2.05) is 6.92 Å². The van der Waals surface area contributed by atoms with E-state index < -0.39 is 4.32 Å². The van der Waals surface area contributed by atoms with Crippen molar-refractivity contribution in [3.8, 4) is 0 Å². The van der Waals surface area contributed by atoms with E-state index in [9.17, 15) is 4.79 Å². The molecule has 0 radical (unpaired) electrons. The van der Waals surface area contributed by atoms with Crippen LogP contribution in [0.1, 0.15) is 32.6 Å². The van der Waals surface area contributed by atoms with Gasteiger partial charge in [-0.15, -0.1) is 0 Å². The standard InChI is InChI=1S/C9H14Br2O2/c1-2-6-13-8(12)9(11)5-3-4-7(9)10/h7H,2-6H2,1H3. The van der Waals surface area contributed by atoms with Gasteiger partial charge in [-0.05, 0) is 19.3 Å². The van der Waals surface area contributed by atoms with Gasteiger partial charge in [0.1, 0.15) is 4.32 Å². The van der Waals surface area contributed by atoms with Gasteiger partial charge in [-0.2, -0.15) is 0 Å². The van der Waals surface area contributed by atoms with Gasteiger partial charge in [0.15, 0.2) is 0 Å². The Morgan fingerprint density at radius 3 is 2.85 bits per heavy atom. The van der Waals surface area contributed by atoms with Gasteiger partial charge < -0.3 is 4.74 Å². The summed E-state index contributed by atoms with van der Waals surface area (Å²) >= 11 is 6.99. The lowest BCUT2D eigenvalue weighted by Gasteiger charge is -2.23. The maximum absolute atomic E-state index is 11.6. The van der Waals surface area contributed by atoms with Gasteiger partial charge in [0.05, 0.1) is 6.61 Å². The Bertz CT molecular complexity index is 196. The van der Waals surface area contributed by atoms with E-state index in [2.05, 4.69) is 31.9 Å². The number of hydrogen-bond acceptors (Lipinski definition) is 2. The predicted molar refractivity (Wildman–Crippen MR) is 59.5 cm³/mol. The highest BCUT2D eigenvalue weighted by molar-refractivity contribution is 9.12. The van der Waals surface area contributed by atoms with Gasteiger partial charge >= 0.3 is 5.97 Å². The lowest BCUT2D eigenvalue weighted by molar-refractivity contribution is -0.146. The van der Waals surface area contributed by atoms with Crippen molar-refractivity contribution in [2.24, 2.45) is 0 Å². The molecule has 1 rings (SSSR count). The topological polar surface area (TPSA) is 26.3 Å². The molecule has 0 heterocycles. The second-order valence-electron chi connectivity index (χ2n) is 3.36.